The van der Waals surface area contributed by atoms with Gasteiger partial charge in [-0.2, -0.15) is 0 Å². The van der Waals surface area contributed by atoms with Crippen LogP contribution in [-0.4, -0.2) is 64.8 Å². The van der Waals surface area contributed by atoms with Gasteiger partial charge < -0.3 is 25.0 Å². The summed E-state index contributed by atoms with van der Waals surface area (Å²) >= 11 is 0. The lowest BCUT2D eigenvalue weighted by molar-refractivity contribution is -0.136. The number of hydrogen-bond donors (Lipinski definition) is 3. The Morgan fingerprint density at radius 2 is 2.08 bits per heavy atom. The van der Waals surface area contributed by atoms with E-state index in [1.54, 1.807) is 0 Å². The number of aliphatic hydroxyl groups excluding tert-OH is 3. The highest BCUT2D eigenvalue weighted by Crippen LogP contribution is 2.22. The number of nitrogens with zero attached hydrogens (tertiary/aromatic N) is 1. The van der Waals surface area contributed by atoms with Gasteiger partial charge in [0.2, 0.25) is 6.41 Å². The fourth-order valence-corrected chi connectivity index (χ4v) is 1.28. The maximum atomic E-state index is 10.3. The molecule has 0 aromatic heterocycles. The summed E-state index contributed by atoms with van der Waals surface area (Å²) in [5, 5.41) is 27.4. The molecule has 76 valence electrons. The third kappa shape index (κ3) is 1.80. The Balaban J connectivity index is 2.65. The molecule has 1 aliphatic heterocycles. The lowest BCUT2D eigenvalue weighted by atomic mass is 10.1. The summed E-state index contributed by atoms with van der Waals surface area (Å²) in [4.78, 5) is 11.4. The van der Waals surface area contributed by atoms with Crippen LogP contribution < -0.4 is 0 Å². The second-order valence-electron chi connectivity index (χ2n) is 3.00. The summed E-state index contributed by atoms with van der Waals surface area (Å²) in [5.74, 6) is 0. The minimum atomic E-state index is -1.17. The van der Waals surface area contributed by atoms with E-state index in [9.17, 15) is 15.0 Å². The van der Waals surface area contributed by atoms with E-state index in [0.717, 1.165) is 4.90 Å². The molecule has 6 heteroatoms. The summed E-state index contributed by atoms with van der Waals surface area (Å²) in [7, 11) is 1.42. The van der Waals surface area contributed by atoms with Crippen LogP contribution in [0, 0.1) is 0 Å². The Morgan fingerprint density at radius 1 is 1.46 bits per heavy atom. The van der Waals surface area contributed by atoms with Gasteiger partial charge in [0.25, 0.3) is 0 Å². The molecule has 0 aliphatic carbocycles. The fraction of sp³-hybridized carbons (Fsp3) is 0.857. The fourth-order valence-electron chi connectivity index (χ4n) is 1.28. The zero-order valence-corrected chi connectivity index (χ0v) is 7.20. The summed E-state index contributed by atoms with van der Waals surface area (Å²) in [5.41, 5.74) is 0. The summed E-state index contributed by atoms with van der Waals surface area (Å²) in [6.07, 6.45) is -3.56. The number of ether oxygens (including phenoxy) is 1. The largest absolute Gasteiger partial charge is 0.394 e. The molecule has 3 N–H and O–H groups in total. The van der Waals surface area contributed by atoms with Crippen molar-refractivity contribution in [1.29, 1.82) is 0 Å². The van der Waals surface area contributed by atoms with Crippen LogP contribution in [0.1, 0.15) is 0 Å². The zero-order valence-electron chi connectivity index (χ0n) is 7.20. The number of aliphatic hydroxyl groups is 3. The van der Waals surface area contributed by atoms with Gasteiger partial charge in [0.05, 0.1) is 6.61 Å². The van der Waals surface area contributed by atoms with Crippen LogP contribution >= 0.6 is 0 Å². The van der Waals surface area contributed by atoms with Gasteiger partial charge in [-0.05, 0) is 0 Å². The van der Waals surface area contributed by atoms with Gasteiger partial charge in [-0.3, -0.25) is 4.79 Å². The molecule has 13 heavy (non-hydrogen) atoms. The molecule has 0 saturated carbocycles. The van der Waals surface area contributed by atoms with Crippen molar-refractivity contribution in [2.24, 2.45) is 0 Å². The van der Waals surface area contributed by atoms with Crippen molar-refractivity contribution in [3.8, 4) is 0 Å². The molecule has 1 rings (SSSR count). The normalized spacial score (nSPS) is 39.1. The van der Waals surface area contributed by atoms with E-state index in [4.69, 9.17) is 9.84 Å². The second kappa shape index (κ2) is 4.01. The molecule has 1 amide bonds. The molecule has 0 radical (unpaired) electrons. The maximum absolute atomic E-state index is 10.3. The summed E-state index contributed by atoms with van der Waals surface area (Å²) < 4.78 is 5.03. The summed E-state index contributed by atoms with van der Waals surface area (Å²) in [6.45, 7) is -0.387. The van der Waals surface area contributed by atoms with E-state index in [1.807, 2.05) is 0 Å². The maximum Gasteiger partial charge on any atom is 0.211 e. The van der Waals surface area contributed by atoms with Crippen LogP contribution in [0.3, 0.4) is 0 Å². The summed E-state index contributed by atoms with van der Waals surface area (Å²) in [6, 6.07) is 0. The molecule has 0 aromatic carbocycles. The Kier molecular flexibility index (Phi) is 3.21. The topological polar surface area (TPSA) is 90.2 Å². The number of hydrogen-bond acceptors (Lipinski definition) is 5. The first-order valence-corrected chi connectivity index (χ1v) is 3.91. The number of likely N-dealkylation sites (N-methyl/N-ethyl adjacent to an activating group) is 1. The molecule has 1 heterocycles. The van der Waals surface area contributed by atoms with Gasteiger partial charge in [-0.1, -0.05) is 0 Å². The van der Waals surface area contributed by atoms with Gasteiger partial charge in [-0.25, -0.2) is 0 Å². The average Bonchev–Trinajstić information content (AvgIpc) is 2.43. The third-order valence-electron chi connectivity index (χ3n) is 2.08. The van der Waals surface area contributed by atoms with Gasteiger partial charge in [0, 0.05) is 7.05 Å². The Hall–Kier alpha value is -0.690. The van der Waals surface area contributed by atoms with Crippen LogP contribution in [0.4, 0.5) is 0 Å². The second-order valence-corrected chi connectivity index (χ2v) is 3.00. The smallest absolute Gasteiger partial charge is 0.211 e. The zero-order chi connectivity index (χ0) is 10.0. The molecule has 1 aliphatic rings. The Morgan fingerprint density at radius 3 is 2.46 bits per heavy atom. The molecule has 0 spiro atoms. The predicted molar refractivity (Wildman–Crippen MR) is 41.6 cm³/mol. The quantitative estimate of drug-likeness (QED) is 0.429. The van der Waals surface area contributed by atoms with Crippen molar-refractivity contribution in [3.05, 3.63) is 0 Å². The van der Waals surface area contributed by atoms with Crippen LogP contribution in [-0.2, 0) is 9.53 Å². The molecule has 0 bridgehead atoms. The van der Waals surface area contributed by atoms with Crippen LogP contribution in [0.25, 0.3) is 0 Å². The number of rotatable bonds is 3. The van der Waals surface area contributed by atoms with E-state index in [-0.39, 0.29) is 6.61 Å². The van der Waals surface area contributed by atoms with Crippen molar-refractivity contribution in [2.45, 2.75) is 24.5 Å². The minimum Gasteiger partial charge on any atom is -0.394 e. The highest BCUT2D eigenvalue weighted by molar-refractivity contribution is 5.47. The molecule has 0 aromatic rings. The van der Waals surface area contributed by atoms with E-state index < -0.39 is 24.5 Å². The third-order valence-corrected chi connectivity index (χ3v) is 2.08. The number of carbonyl (C=O) groups excluding carboxylic acids is 1. The van der Waals surface area contributed by atoms with Crippen molar-refractivity contribution >= 4 is 6.41 Å². The van der Waals surface area contributed by atoms with Gasteiger partial charge in [0.15, 0.2) is 6.23 Å². The van der Waals surface area contributed by atoms with Gasteiger partial charge >= 0.3 is 0 Å². The molecule has 1 saturated heterocycles. The van der Waals surface area contributed by atoms with E-state index >= 15 is 0 Å². The number of amides is 1. The minimum absolute atomic E-state index is 0.387. The van der Waals surface area contributed by atoms with Crippen molar-refractivity contribution in [1.82, 2.24) is 4.90 Å². The predicted octanol–water partition coefficient (Wildman–Crippen LogP) is -2.49. The standard InChI is InChI=1S/C7H13NO5/c1-8(3-10)7-6(12)5(11)4(2-9)13-7/h3-7,9,11-12H,2H2,1H3/t4-,5?,6+,7-/m1/s1. The molecule has 6 nitrogen and oxygen atoms in total. The Labute approximate surface area is 75.3 Å². The van der Waals surface area contributed by atoms with Gasteiger partial charge in [-0.15, -0.1) is 0 Å². The lowest BCUT2D eigenvalue weighted by Gasteiger charge is -2.21. The van der Waals surface area contributed by atoms with Crippen molar-refractivity contribution < 1.29 is 24.9 Å². The highest BCUT2D eigenvalue weighted by atomic mass is 16.6. The van der Waals surface area contributed by atoms with E-state index in [0.29, 0.717) is 6.41 Å². The molecular weight excluding hydrogens is 178 g/mol. The molecular formula is C7H13NO5. The van der Waals surface area contributed by atoms with E-state index in [2.05, 4.69) is 0 Å². The first kappa shape index (κ1) is 10.4. The molecule has 1 unspecified atom stereocenters. The monoisotopic (exact) mass is 191 g/mol. The van der Waals surface area contributed by atoms with Crippen LogP contribution in [0.15, 0.2) is 0 Å². The lowest BCUT2D eigenvalue weighted by Crippen LogP contribution is -2.41. The number of carbonyl (C=O) groups is 1. The molecule has 4 atom stereocenters. The SMILES string of the molecule is CN(C=O)[C@@H]1O[C@H](CO)C(O)[C@@H]1O. The molecule has 1 fully saturated rings. The van der Waals surface area contributed by atoms with E-state index in [1.165, 1.54) is 7.05 Å². The van der Waals surface area contributed by atoms with Crippen molar-refractivity contribution in [2.75, 3.05) is 13.7 Å². The average molecular weight is 191 g/mol. The van der Waals surface area contributed by atoms with Crippen molar-refractivity contribution in [3.63, 3.8) is 0 Å². The first-order valence-electron chi connectivity index (χ1n) is 3.91. The van der Waals surface area contributed by atoms with Crippen LogP contribution in [0.2, 0.25) is 0 Å². The van der Waals surface area contributed by atoms with Gasteiger partial charge in [0.1, 0.15) is 18.3 Å². The highest BCUT2D eigenvalue weighted by Gasteiger charge is 2.43. The first-order chi connectivity index (χ1) is 6.11. The Bertz CT molecular complexity index is 188. The van der Waals surface area contributed by atoms with Crippen LogP contribution in [0.5, 0.6) is 0 Å².